The van der Waals surface area contributed by atoms with Crippen molar-refractivity contribution in [3.8, 4) is 0 Å². The van der Waals surface area contributed by atoms with Gasteiger partial charge < -0.3 is 14.8 Å². The second kappa shape index (κ2) is 9.82. The van der Waals surface area contributed by atoms with Crippen LogP contribution in [0.2, 0.25) is 5.02 Å². The SMILES string of the molecule is CCc1cc(C)cc(P(=O)(OC)c2c(C(=O)NCc3ccc[n+](O)c3)[nH]c3ccc(Cl)c(F)c23)c1. The van der Waals surface area contributed by atoms with Gasteiger partial charge in [-0.2, -0.15) is 0 Å². The molecule has 0 aliphatic rings. The molecule has 0 aliphatic heterocycles. The third kappa shape index (κ3) is 4.69. The smallest absolute Gasteiger partial charge is 0.268 e. The van der Waals surface area contributed by atoms with Gasteiger partial charge in [0.2, 0.25) is 12.4 Å². The topological polar surface area (TPSA) is 95.3 Å². The number of aromatic nitrogens is 2. The fraction of sp³-hybridized carbons (Fsp3) is 0.200. The van der Waals surface area contributed by atoms with E-state index in [1.807, 2.05) is 19.9 Å². The van der Waals surface area contributed by atoms with Gasteiger partial charge in [0, 0.05) is 40.8 Å². The molecule has 7 nitrogen and oxygen atoms in total. The molecule has 0 saturated carbocycles. The molecule has 10 heteroatoms. The van der Waals surface area contributed by atoms with Crippen LogP contribution in [0.1, 0.15) is 34.1 Å². The monoisotopic (exact) mass is 516 g/mol. The number of hydrogen-bond donors (Lipinski definition) is 3. The van der Waals surface area contributed by atoms with Crippen molar-refractivity contribution in [3.05, 3.63) is 88.1 Å². The minimum absolute atomic E-state index is 0.0553. The molecule has 4 aromatic rings. The number of amides is 1. The zero-order valence-electron chi connectivity index (χ0n) is 19.4. The number of aryl methyl sites for hydroxylation is 2. The van der Waals surface area contributed by atoms with Gasteiger partial charge in [0.25, 0.3) is 13.3 Å². The van der Waals surface area contributed by atoms with Crippen LogP contribution >= 0.6 is 19.0 Å². The van der Waals surface area contributed by atoms with Crippen LogP contribution in [0.5, 0.6) is 0 Å². The summed E-state index contributed by atoms with van der Waals surface area (Å²) in [6, 6.07) is 11.7. The number of benzene rings is 2. The molecule has 2 heterocycles. The Morgan fingerprint density at radius 3 is 2.71 bits per heavy atom. The molecule has 2 aromatic heterocycles. The Hall–Kier alpha value is -3.19. The van der Waals surface area contributed by atoms with Crippen LogP contribution in [-0.4, -0.2) is 23.2 Å². The van der Waals surface area contributed by atoms with Gasteiger partial charge in [-0.15, -0.1) is 0 Å². The molecule has 0 spiro atoms. The third-order valence-corrected chi connectivity index (χ3v) is 8.56. The number of fused-ring (bicyclic) bond motifs is 1. The molecule has 0 radical (unpaired) electrons. The molecule has 35 heavy (non-hydrogen) atoms. The Kier molecular flexibility index (Phi) is 6.99. The van der Waals surface area contributed by atoms with Gasteiger partial charge in [-0.25, -0.2) is 4.39 Å². The molecule has 3 N–H and O–H groups in total. The van der Waals surface area contributed by atoms with Gasteiger partial charge in [-0.3, -0.25) is 14.6 Å². The lowest BCUT2D eigenvalue weighted by molar-refractivity contribution is -0.905. The zero-order chi connectivity index (χ0) is 25.3. The summed E-state index contributed by atoms with van der Waals surface area (Å²) in [7, 11) is -2.67. The van der Waals surface area contributed by atoms with Crippen molar-refractivity contribution in [2.24, 2.45) is 0 Å². The second-order valence-corrected chi connectivity index (χ2v) is 11.0. The van der Waals surface area contributed by atoms with Crippen LogP contribution in [-0.2, 0) is 22.1 Å². The van der Waals surface area contributed by atoms with Crippen molar-refractivity contribution in [3.63, 3.8) is 0 Å². The molecule has 1 amide bonds. The fourth-order valence-corrected chi connectivity index (χ4v) is 6.57. The summed E-state index contributed by atoms with van der Waals surface area (Å²) < 4.78 is 36.3. The standard InChI is InChI=1S/C25H24ClFN3O4P/c1-4-16-10-15(2)11-18(12-16)35(33,34-3)24-21-20(8-7-19(26)22(21)27)29-23(24)25(31)28-13-17-6-5-9-30(32)14-17/h5-12,14H,4,13H2,1-3H3,(H2-,28,29,31,32,33)/p+1. The van der Waals surface area contributed by atoms with Gasteiger partial charge in [0.15, 0.2) is 5.82 Å². The van der Waals surface area contributed by atoms with E-state index in [1.54, 1.807) is 24.3 Å². The van der Waals surface area contributed by atoms with Crippen LogP contribution < -0.4 is 20.7 Å². The maximum absolute atomic E-state index is 15.3. The number of nitrogens with one attached hydrogen (secondary N) is 2. The number of carbonyl (C=O) groups is 1. The number of nitrogens with zero attached hydrogens (tertiary/aromatic N) is 1. The lowest BCUT2D eigenvalue weighted by atomic mass is 10.1. The number of hydrogen-bond acceptors (Lipinski definition) is 4. The largest absolute Gasteiger partial charge is 0.350 e. The molecule has 2 aromatic carbocycles. The Labute approximate surface area is 206 Å². The number of H-pyrrole nitrogens is 1. The number of carbonyl (C=O) groups excluding carboxylic acids is 1. The molecule has 4 rings (SSSR count). The molecular weight excluding hydrogens is 492 g/mol. The first-order valence-corrected chi connectivity index (χ1v) is 12.9. The first-order valence-electron chi connectivity index (χ1n) is 10.9. The van der Waals surface area contributed by atoms with Crippen LogP contribution in [0.3, 0.4) is 0 Å². The average molecular weight is 517 g/mol. The van der Waals surface area contributed by atoms with Crippen molar-refractivity contribution in [2.75, 3.05) is 7.11 Å². The van der Waals surface area contributed by atoms with E-state index in [0.717, 1.165) is 15.9 Å². The van der Waals surface area contributed by atoms with E-state index in [2.05, 4.69) is 10.3 Å². The lowest BCUT2D eigenvalue weighted by Crippen LogP contribution is -2.32. The highest BCUT2D eigenvalue weighted by molar-refractivity contribution is 7.75. The van der Waals surface area contributed by atoms with Gasteiger partial charge in [0.1, 0.15) is 5.69 Å². The van der Waals surface area contributed by atoms with Crippen molar-refractivity contribution in [1.29, 1.82) is 0 Å². The predicted molar refractivity (Wildman–Crippen MR) is 133 cm³/mol. The molecule has 0 fully saturated rings. The van der Waals surface area contributed by atoms with Crippen LogP contribution in [0.25, 0.3) is 10.9 Å². The molecule has 182 valence electrons. The van der Waals surface area contributed by atoms with Crippen molar-refractivity contribution in [2.45, 2.75) is 26.8 Å². The average Bonchev–Trinajstić information content (AvgIpc) is 3.25. The van der Waals surface area contributed by atoms with Crippen LogP contribution in [0.15, 0.2) is 54.9 Å². The summed E-state index contributed by atoms with van der Waals surface area (Å²) in [4.78, 5) is 16.2. The summed E-state index contributed by atoms with van der Waals surface area (Å²) in [5.74, 6) is -1.40. The number of rotatable bonds is 7. The van der Waals surface area contributed by atoms with Gasteiger partial charge >= 0.3 is 0 Å². The zero-order valence-corrected chi connectivity index (χ0v) is 21.1. The van der Waals surface area contributed by atoms with Gasteiger partial charge in [-0.05, 0) is 49.2 Å². The Bertz CT molecular complexity index is 1490. The maximum atomic E-state index is 15.3. The molecule has 0 bridgehead atoms. The first-order chi connectivity index (χ1) is 16.7. The Morgan fingerprint density at radius 1 is 1.26 bits per heavy atom. The molecule has 0 aliphatic carbocycles. The van der Waals surface area contributed by atoms with Crippen LogP contribution in [0.4, 0.5) is 4.39 Å². The van der Waals surface area contributed by atoms with E-state index < -0.39 is 19.1 Å². The normalized spacial score (nSPS) is 13.1. The van der Waals surface area contributed by atoms with Crippen molar-refractivity contribution < 1.29 is 28.2 Å². The summed E-state index contributed by atoms with van der Waals surface area (Å²) in [6.45, 7) is 3.91. The van der Waals surface area contributed by atoms with E-state index in [9.17, 15) is 14.6 Å². The molecule has 1 atom stereocenters. The van der Waals surface area contributed by atoms with E-state index in [1.165, 1.54) is 31.6 Å². The second-order valence-electron chi connectivity index (χ2n) is 8.17. The Balaban J connectivity index is 1.90. The number of halogens is 2. The molecular formula is C25H25ClFN3O4P+. The predicted octanol–water partition coefficient (Wildman–Crippen LogP) is 4.16. The van der Waals surface area contributed by atoms with Gasteiger partial charge in [0.05, 0.1) is 15.7 Å². The summed E-state index contributed by atoms with van der Waals surface area (Å²) in [6.07, 6.45) is 3.57. The highest BCUT2D eigenvalue weighted by Gasteiger charge is 2.37. The maximum Gasteiger partial charge on any atom is 0.268 e. The lowest BCUT2D eigenvalue weighted by Gasteiger charge is -2.19. The minimum Gasteiger partial charge on any atom is -0.350 e. The number of pyridine rings is 1. The number of aromatic amines is 1. The van der Waals surface area contributed by atoms with Crippen molar-refractivity contribution in [1.82, 2.24) is 10.3 Å². The minimum atomic E-state index is -3.95. The summed E-state index contributed by atoms with van der Waals surface area (Å²) >= 11 is 6.07. The third-order valence-electron chi connectivity index (χ3n) is 5.78. The quantitative estimate of drug-likeness (QED) is 0.195. The van der Waals surface area contributed by atoms with E-state index in [-0.39, 0.29) is 33.5 Å². The van der Waals surface area contributed by atoms with E-state index >= 15 is 4.39 Å². The highest BCUT2D eigenvalue weighted by Crippen LogP contribution is 2.48. The first kappa shape index (κ1) is 24.9. The molecule has 1 unspecified atom stereocenters. The van der Waals surface area contributed by atoms with Gasteiger partial charge in [-0.1, -0.05) is 30.2 Å². The fourth-order valence-electron chi connectivity index (χ4n) is 4.09. The summed E-state index contributed by atoms with van der Waals surface area (Å²) in [5.41, 5.74) is 2.60. The molecule has 0 saturated heterocycles. The Morgan fingerprint density at radius 2 is 2.03 bits per heavy atom. The van der Waals surface area contributed by atoms with Crippen molar-refractivity contribution >= 4 is 46.4 Å². The summed E-state index contributed by atoms with van der Waals surface area (Å²) in [5, 5.41) is 12.4. The highest BCUT2D eigenvalue weighted by atomic mass is 35.5. The van der Waals surface area contributed by atoms with E-state index in [0.29, 0.717) is 17.3 Å². The van der Waals surface area contributed by atoms with Crippen LogP contribution in [0, 0.1) is 12.7 Å². The van der Waals surface area contributed by atoms with E-state index in [4.69, 9.17) is 16.1 Å².